The van der Waals surface area contributed by atoms with Crippen LogP contribution in [0.15, 0.2) is 146 Å². The highest BCUT2D eigenvalue weighted by molar-refractivity contribution is 6.21. The van der Waals surface area contributed by atoms with Gasteiger partial charge in [0.1, 0.15) is 23.0 Å². The Balaban J connectivity index is 0.000000185. The molecule has 4 heteroatoms. The van der Waals surface area contributed by atoms with E-state index in [0.29, 0.717) is 0 Å². The molecule has 4 nitrogen and oxygen atoms in total. The lowest BCUT2D eigenvalue weighted by Crippen LogP contribution is -1.90. The highest BCUT2D eigenvalue weighted by Crippen LogP contribution is 2.43. The fourth-order valence-electron chi connectivity index (χ4n) is 5.47. The number of phenols is 4. The Morgan fingerprint density at radius 2 is 0.558 bits per heavy atom. The summed E-state index contributed by atoms with van der Waals surface area (Å²) in [4.78, 5) is 0. The fraction of sp³-hybridized carbons (Fsp3) is 0.0256. The first kappa shape index (κ1) is 27.4. The molecule has 210 valence electrons. The standard InChI is InChI=1S/C26H18O2.C13H12O2/c27-19-13-9-17(10-14-19)25-21-5-1-2-6-22(21)26(18-11-15-20(28)16-12-18)24-8-4-3-7-23(24)25;14-12-5-1-10(2-6-12)9-11-3-7-13(15)8-4-11/h1-16,27-28H;1-8,14-15H,9H2. The van der Waals surface area contributed by atoms with Crippen molar-refractivity contribution in [2.24, 2.45) is 0 Å². The van der Waals surface area contributed by atoms with Crippen molar-refractivity contribution in [1.29, 1.82) is 0 Å². The van der Waals surface area contributed by atoms with Crippen LogP contribution in [0.1, 0.15) is 11.1 Å². The van der Waals surface area contributed by atoms with Crippen LogP contribution in [-0.4, -0.2) is 20.4 Å². The first-order valence-electron chi connectivity index (χ1n) is 14.0. The van der Waals surface area contributed by atoms with Gasteiger partial charge in [0.05, 0.1) is 0 Å². The number of fused-ring (bicyclic) bond motifs is 2. The molecule has 0 aliphatic rings. The molecule has 0 bridgehead atoms. The van der Waals surface area contributed by atoms with Crippen LogP contribution in [0, 0.1) is 0 Å². The largest absolute Gasteiger partial charge is 0.508 e. The monoisotopic (exact) mass is 562 g/mol. The fourth-order valence-corrected chi connectivity index (χ4v) is 5.47. The summed E-state index contributed by atoms with van der Waals surface area (Å²) in [5.74, 6) is 1.09. The molecule has 0 saturated heterocycles. The van der Waals surface area contributed by atoms with Crippen LogP contribution >= 0.6 is 0 Å². The zero-order chi connectivity index (χ0) is 29.8. The first-order chi connectivity index (χ1) is 21.0. The van der Waals surface area contributed by atoms with Crippen molar-refractivity contribution in [2.75, 3.05) is 0 Å². The summed E-state index contributed by atoms with van der Waals surface area (Å²) in [5.41, 5.74) is 6.74. The Hall–Kier alpha value is -5.74. The second kappa shape index (κ2) is 12.0. The molecule has 7 rings (SSSR count). The topological polar surface area (TPSA) is 80.9 Å². The number of aromatic hydroxyl groups is 4. The van der Waals surface area contributed by atoms with E-state index in [2.05, 4.69) is 48.5 Å². The average molecular weight is 563 g/mol. The maximum Gasteiger partial charge on any atom is 0.115 e. The minimum atomic E-state index is 0.262. The predicted octanol–water partition coefficient (Wildman–Crippen LogP) is 9.43. The van der Waals surface area contributed by atoms with E-state index in [1.165, 1.54) is 0 Å². The van der Waals surface area contributed by atoms with E-state index in [1.807, 2.05) is 48.5 Å². The lowest BCUT2D eigenvalue weighted by atomic mass is 9.86. The van der Waals surface area contributed by atoms with Gasteiger partial charge in [-0.1, -0.05) is 97.1 Å². The van der Waals surface area contributed by atoms with Gasteiger partial charge >= 0.3 is 0 Å². The van der Waals surface area contributed by atoms with Gasteiger partial charge in [-0.25, -0.2) is 0 Å². The van der Waals surface area contributed by atoms with Crippen molar-refractivity contribution in [3.8, 4) is 45.3 Å². The van der Waals surface area contributed by atoms with E-state index >= 15 is 0 Å². The summed E-state index contributed by atoms with van der Waals surface area (Å²) in [6, 6.07) is 45.8. The van der Waals surface area contributed by atoms with Crippen molar-refractivity contribution >= 4 is 21.5 Å². The smallest absolute Gasteiger partial charge is 0.115 e. The zero-order valence-corrected chi connectivity index (χ0v) is 23.4. The van der Waals surface area contributed by atoms with Gasteiger partial charge in [-0.15, -0.1) is 0 Å². The van der Waals surface area contributed by atoms with Crippen molar-refractivity contribution in [1.82, 2.24) is 0 Å². The lowest BCUT2D eigenvalue weighted by molar-refractivity contribution is 0.474. The van der Waals surface area contributed by atoms with Gasteiger partial charge in [-0.05, 0) is 110 Å². The number of hydrogen-bond donors (Lipinski definition) is 4. The molecule has 0 fully saturated rings. The number of hydrogen-bond acceptors (Lipinski definition) is 4. The molecule has 43 heavy (non-hydrogen) atoms. The predicted molar refractivity (Wildman–Crippen MR) is 175 cm³/mol. The van der Waals surface area contributed by atoms with E-state index in [0.717, 1.165) is 61.3 Å². The summed E-state index contributed by atoms with van der Waals surface area (Å²) >= 11 is 0. The normalized spacial score (nSPS) is 10.8. The average Bonchev–Trinajstić information content (AvgIpc) is 3.03. The van der Waals surface area contributed by atoms with Crippen LogP contribution in [0.4, 0.5) is 0 Å². The Kier molecular flexibility index (Phi) is 7.66. The minimum absolute atomic E-state index is 0.262. The molecule has 0 radical (unpaired) electrons. The molecule has 0 amide bonds. The molecule has 0 aliphatic carbocycles. The third kappa shape index (κ3) is 5.99. The van der Waals surface area contributed by atoms with Gasteiger partial charge in [0.25, 0.3) is 0 Å². The van der Waals surface area contributed by atoms with E-state index in [1.54, 1.807) is 48.5 Å². The van der Waals surface area contributed by atoms with E-state index in [9.17, 15) is 10.2 Å². The van der Waals surface area contributed by atoms with E-state index < -0.39 is 0 Å². The Morgan fingerprint density at radius 3 is 0.837 bits per heavy atom. The van der Waals surface area contributed by atoms with Crippen LogP contribution < -0.4 is 0 Å². The highest BCUT2D eigenvalue weighted by Gasteiger charge is 2.16. The maximum absolute atomic E-state index is 9.72. The van der Waals surface area contributed by atoms with E-state index in [4.69, 9.17) is 10.2 Å². The van der Waals surface area contributed by atoms with Crippen LogP contribution in [-0.2, 0) is 6.42 Å². The third-order valence-corrected chi connectivity index (χ3v) is 7.52. The van der Waals surface area contributed by atoms with Gasteiger partial charge in [0.2, 0.25) is 0 Å². The quantitative estimate of drug-likeness (QED) is 0.161. The van der Waals surface area contributed by atoms with Gasteiger partial charge in [-0.2, -0.15) is 0 Å². The SMILES string of the molecule is Oc1ccc(-c2c3ccccc3c(-c3ccc(O)cc3)c3ccccc23)cc1.Oc1ccc(Cc2ccc(O)cc2)cc1. The second-order valence-electron chi connectivity index (χ2n) is 10.4. The summed E-state index contributed by atoms with van der Waals surface area (Å²) in [6.07, 6.45) is 0.806. The molecule has 0 aliphatic heterocycles. The van der Waals surface area contributed by atoms with Crippen LogP contribution in [0.25, 0.3) is 43.8 Å². The van der Waals surface area contributed by atoms with Crippen molar-refractivity contribution in [3.63, 3.8) is 0 Å². The molecule has 0 atom stereocenters. The molecular formula is C39H30O4. The molecule has 0 heterocycles. The zero-order valence-electron chi connectivity index (χ0n) is 23.4. The van der Waals surface area contributed by atoms with Gasteiger partial charge in [-0.3, -0.25) is 0 Å². The molecular weight excluding hydrogens is 532 g/mol. The van der Waals surface area contributed by atoms with Crippen molar-refractivity contribution < 1.29 is 20.4 Å². The van der Waals surface area contributed by atoms with Crippen molar-refractivity contribution in [3.05, 3.63) is 157 Å². The molecule has 0 spiro atoms. The second-order valence-corrected chi connectivity index (χ2v) is 10.4. The molecule has 7 aromatic carbocycles. The number of rotatable bonds is 4. The first-order valence-corrected chi connectivity index (χ1v) is 14.0. The Labute approximate surface area is 250 Å². The Bertz CT molecular complexity index is 1790. The van der Waals surface area contributed by atoms with E-state index in [-0.39, 0.29) is 23.0 Å². The Morgan fingerprint density at radius 1 is 0.302 bits per heavy atom. The van der Waals surface area contributed by atoms with Crippen LogP contribution in [0.3, 0.4) is 0 Å². The summed E-state index contributed by atoms with van der Waals surface area (Å²) in [5, 5.41) is 42.3. The molecule has 0 saturated carbocycles. The van der Waals surface area contributed by atoms with Gasteiger partial charge in [0.15, 0.2) is 0 Å². The third-order valence-electron chi connectivity index (χ3n) is 7.52. The summed E-state index contributed by atoms with van der Waals surface area (Å²) in [6.45, 7) is 0. The molecule has 4 N–H and O–H groups in total. The number of benzene rings is 7. The van der Waals surface area contributed by atoms with Gasteiger partial charge < -0.3 is 20.4 Å². The summed E-state index contributed by atoms with van der Waals surface area (Å²) < 4.78 is 0. The maximum atomic E-state index is 9.72. The highest BCUT2D eigenvalue weighted by atomic mass is 16.3. The molecule has 0 unspecified atom stereocenters. The number of phenolic OH excluding ortho intramolecular Hbond substituents is 4. The van der Waals surface area contributed by atoms with Gasteiger partial charge in [0, 0.05) is 0 Å². The van der Waals surface area contributed by atoms with Crippen LogP contribution in [0.5, 0.6) is 23.0 Å². The molecule has 7 aromatic rings. The minimum Gasteiger partial charge on any atom is -0.508 e. The summed E-state index contributed by atoms with van der Waals surface area (Å²) in [7, 11) is 0. The van der Waals surface area contributed by atoms with Crippen molar-refractivity contribution in [2.45, 2.75) is 6.42 Å². The lowest BCUT2D eigenvalue weighted by Gasteiger charge is -2.17. The molecule has 0 aromatic heterocycles. The van der Waals surface area contributed by atoms with Crippen LogP contribution in [0.2, 0.25) is 0 Å².